The summed E-state index contributed by atoms with van der Waals surface area (Å²) in [5.41, 5.74) is 0.738. The summed E-state index contributed by atoms with van der Waals surface area (Å²) in [5.74, 6) is 2.74. The van der Waals surface area contributed by atoms with Crippen LogP contribution in [0.1, 0.15) is 12.3 Å². The molecule has 1 N–H and O–H groups in total. The molecule has 1 aliphatic rings. The van der Waals surface area contributed by atoms with Gasteiger partial charge in [0.1, 0.15) is 0 Å². The quantitative estimate of drug-likeness (QED) is 0.912. The smallest absolute Gasteiger partial charge is 0.227 e. The molecule has 2 heterocycles. The van der Waals surface area contributed by atoms with Crippen molar-refractivity contribution in [2.45, 2.75) is 12.8 Å². The van der Waals surface area contributed by atoms with Crippen molar-refractivity contribution < 1.29 is 14.0 Å². The van der Waals surface area contributed by atoms with E-state index in [4.69, 9.17) is 25.6 Å². The summed E-state index contributed by atoms with van der Waals surface area (Å²) in [4.78, 5) is 4.46. The lowest BCUT2D eigenvalue weighted by atomic mass is 10.1. The Morgan fingerprint density at radius 3 is 2.91 bits per heavy atom. The zero-order valence-electron chi connectivity index (χ0n) is 12.6. The van der Waals surface area contributed by atoms with Crippen LogP contribution in [0.25, 0.3) is 11.4 Å². The zero-order valence-corrected chi connectivity index (χ0v) is 13.3. The number of benzene rings is 1. The predicted molar refractivity (Wildman–Crippen MR) is 82.5 cm³/mol. The van der Waals surface area contributed by atoms with Crippen LogP contribution in [0.3, 0.4) is 0 Å². The minimum Gasteiger partial charge on any atom is -0.493 e. The van der Waals surface area contributed by atoms with Crippen LogP contribution in [0.4, 0.5) is 0 Å². The highest BCUT2D eigenvalue weighted by Gasteiger charge is 2.20. The van der Waals surface area contributed by atoms with E-state index in [2.05, 4.69) is 15.5 Å². The Bertz CT molecular complexity index is 653. The van der Waals surface area contributed by atoms with Gasteiger partial charge in [-0.15, -0.1) is 0 Å². The highest BCUT2D eigenvalue weighted by atomic mass is 35.5. The second kappa shape index (κ2) is 6.54. The minimum atomic E-state index is 0.447. The maximum absolute atomic E-state index is 6.21. The maximum atomic E-state index is 6.21. The van der Waals surface area contributed by atoms with E-state index in [-0.39, 0.29) is 0 Å². The fourth-order valence-electron chi connectivity index (χ4n) is 2.64. The van der Waals surface area contributed by atoms with Gasteiger partial charge in [0, 0.05) is 12.0 Å². The molecule has 118 valence electrons. The van der Waals surface area contributed by atoms with Gasteiger partial charge in [0.25, 0.3) is 0 Å². The van der Waals surface area contributed by atoms with E-state index in [9.17, 15) is 0 Å². The molecule has 1 fully saturated rings. The lowest BCUT2D eigenvalue weighted by molar-refractivity contribution is 0.354. The molecule has 0 spiro atoms. The van der Waals surface area contributed by atoms with Crippen molar-refractivity contribution in [2.75, 3.05) is 27.3 Å². The molecule has 0 radical (unpaired) electrons. The molecule has 3 rings (SSSR count). The van der Waals surface area contributed by atoms with Crippen molar-refractivity contribution in [3.8, 4) is 22.9 Å². The van der Waals surface area contributed by atoms with Crippen LogP contribution < -0.4 is 14.8 Å². The number of hydrogen-bond donors (Lipinski definition) is 1. The number of nitrogens with zero attached hydrogens (tertiary/aromatic N) is 2. The monoisotopic (exact) mass is 323 g/mol. The number of ether oxygens (including phenoxy) is 2. The minimum absolute atomic E-state index is 0.447. The van der Waals surface area contributed by atoms with E-state index < -0.39 is 0 Å². The molecule has 0 saturated carbocycles. The average Bonchev–Trinajstić information content (AvgIpc) is 3.18. The number of rotatable bonds is 5. The number of aromatic nitrogens is 2. The van der Waals surface area contributed by atoms with Crippen molar-refractivity contribution in [3.63, 3.8) is 0 Å². The number of nitrogens with one attached hydrogen (secondary N) is 1. The average molecular weight is 324 g/mol. The van der Waals surface area contributed by atoms with Gasteiger partial charge in [0.15, 0.2) is 11.5 Å². The number of hydrogen-bond acceptors (Lipinski definition) is 6. The number of methoxy groups -OCH3 is 2. The molecular weight excluding hydrogens is 306 g/mol. The van der Waals surface area contributed by atoms with Crippen LogP contribution in [0.5, 0.6) is 11.5 Å². The Hall–Kier alpha value is -1.79. The predicted octanol–water partition coefficient (Wildman–Crippen LogP) is 2.56. The fraction of sp³-hybridized carbons (Fsp3) is 0.467. The lowest BCUT2D eigenvalue weighted by Gasteiger charge is -2.10. The normalized spacial score (nSPS) is 17.7. The molecule has 1 aliphatic heterocycles. The molecule has 0 aliphatic carbocycles. The molecule has 0 amide bonds. The van der Waals surface area contributed by atoms with Gasteiger partial charge in [-0.1, -0.05) is 16.8 Å². The molecule has 1 saturated heterocycles. The fourth-order valence-corrected chi connectivity index (χ4v) is 2.93. The highest BCUT2D eigenvalue weighted by molar-refractivity contribution is 6.32. The summed E-state index contributed by atoms with van der Waals surface area (Å²) in [7, 11) is 3.11. The zero-order chi connectivity index (χ0) is 15.5. The first-order valence-corrected chi connectivity index (χ1v) is 7.54. The SMILES string of the molecule is COc1cc(-c2noc(CC3CCNC3)n2)cc(Cl)c1OC. The Balaban J connectivity index is 1.84. The van der Waals surface area contributed by atoms with Crippen LogP contribution in [0, 0.1) is 5.92 Å². The van der Waals surface area contributed by atoms with Crippen LogP contribution >= 0.6 is 11.6 Å². The summed E-state index contributed by atoms with van der Waals surface area (Å²) in [6, 6.07) is 3.53. The Morgan fingerprint density at radius 1 is 1.36 bits per heavy atom. The van der Waals surface area contributed by atoms with E-state index in [1.807, 2.05) is 0 Å². The molecule has 6 nitrogen and oxygen atoms in total. The van der Waals surface area contributed by atoms with Crippen LogP contribution in [-0.2, 0) is 6.42 Å². The molecule has 1 aromatic heterocycles. The summed E-state index contributed by atoms with van der Waals surface area (Å²) in [6.07, 6.45) is 1.93. The van der Waals surface area contributed by atoms with E-state index in [0.29, 0.717) is 34.2 Å². The molecule has 1 unspecified atom stereocenters. The summed E-state index contributed by atoms with van der Waals surface area (Å²) in [5, 5.41) is 7.81. The second-order valence-electron chi connectivity index (χ2n) is 5.27. The third-order valence-electron chi connectivity index (χ3n) is 3.79. The van der Waals surface area contributed by atoms with Gasteiger partial charge in [-0.3, -0.25) is 0 Å². The van der Waals surface area contributed by atoms with Crippen molar-refractivity contribution in [1.82, 2.24) is 15.5 Å². The van der Waals surface area contributed by atoms with Crippen LogP contribution in [0.2, 0.25) is 5.02 Å². The number of halogens is 1. The molecular formula is C15H18ClN3O3. The summed E-state index contributed by atoms with van der Waals surface area (Å²) < 4.78 is 15.9. The third-order valence-corrected chi connectivity index (χ3v) is 4.07. The largest absolute Gasteiger partial charge is 0.493 e. The Kier molecular flexibility index (Phi) is 4.49. The maximum Gasteiger partial charge on any atom is 0.227 e. The van der Waals surface area contributed by atoms with Gasteiger partial charge >= 0.3 is 0 Å². The Morgan fingerprint density at radius 2 is 2.23 bits per heavy atom. The van der Waals surface area contributed by atoms with E-state index in [1.165, 1.54) is 0 Å². The van der Waals surface area contributed by atoms with Crippen molar-refractivity contribution in [3.05, 3.63) is 23.0 Å². The van der Waals surface area contributed by atoms with E-state index in [0.717, 1.165) is 31.5 Å². The van der Waals surface area contributed by atoms with Crippen molar-refractivity contribution in [2.24, 2.45) is 5.92 Å². The first-order chi connectivity index (χ1) is 10.7. The van der Waals surface area contributed by atoms with Gasteiger partial charge in [0.2, 0.25) is 11.7 Å². The molecule has 22 heavy (non-hydrogen) atoms. The van der Waals surface area contributed by atoms with Gasteiger partial charge < -0.3 is 19.3 Å². The molecule has 1 aromatic carbocycles. The van der Waals surface area contributed by atoms with Crippen molar-refractivity contribution >= 4 is 11.6 Å². The standard InChI is InChI=1S/C15H18ClN3O3/c1-20-12-7-10(6-11(16)14(12)21-2)15-18-13(22-19-15)5-9-3-4-17-8-9/h6-7,9,17H,3-5,8H2,1-2H3. The van der Waals surface area contributed by atoms with Gasteiger partial charge in [-0.25, -0.2) is 0 Å². The van der Waals surface area contributed by atoms with Gasteiger partial charge in [-0.2, -0.15) is 4.98 Å². The molecule has 0 bridgehead atoms. The highest BCUT2D eigenvalue weighted by Crippen LogP contribution is 2.38. The molecule has 1 atom stereocenters. The Labute approximate surface area is 133 Å². The third kappa shape index (κ3) is 3.03. The lowest BCUT2D eigenvalue weighted by Crippen LogP contribution is -2.10. The van der Waals surface area contributed by atoms with Gasteiger partial charge in [0.05, 0.1) is 19.2 Å². The summed E-state index contributed by atoms with van der Waals surface area (Å²) >= 11 is 6.21. The van der Waals surface area contributed by atoms with Crippen molar-refractivity contribution in [1.29, 1.82) is 0 Å². The molecule has 2 aromatic rings. The van der Waals surface area contributed by atoms with Gasteiger partial charge in [-0.05, 0) is 37.6 Å². The first kappa shape index (κ1) is 15.1. The van der Waals surface area contributed by atoms with E-state index >= 15 is 0 Å². The molecule has 7 heteroatoms. The topological polar surface area (TPSA) is 69.4 Å². The van der Waals surface area contributed by atoms with Crippen LogP contribution in [-0.4, -0.2) is 37.4 Å². The van der Waals surface area contributed by atoms with E-state index in [1.54, 1.807) is 26.4 Å². The second-order valence-corrected chi connectivity index (χ2v) is 5.68. The summed E-state index contributed by atoms with van der Waals surface area (Å²) in [6.45, 7) is 2.05. The first-order valence-electron chi connectivity index (χ1n) is 7.16. The van der Waals surface area contributed by atoms with Crippen LogP contribution in [0.15, 0.2) is 16.7 Å².